The first-order valence-electron chi connectivity index (χ1n) is 18.8. The fourth-order valence-electron chi connectivity index (χ4n) is 6.06. The molecule has 1 aliphatic carbocycles. The summed E-state index contributed by atoms with van der Waals surface area (Å²) in [6.07, 6.45) is 20.7. The fraction of sp³-hybridized carbons (Fsp3) is 0.224. The number of hydrogen-bond donors (Lipinski definition) is 1. The van der Waals surface area contributed by atoms with Crippen molar-refractivity contribution >= 4 is 32.7 Å². The van der Waals surface area contributed by atoms with Gasteiger partial charge >= 0.3 is 0 Å². The summed E-state index contributed by atoms with van der Waals surface area (Å²) in [5, 5.41) is 5.01. The number of nitrogens with one attached hydrogen (secondary N) is 1. The highest BCUT2D eigenvalue weighted by atomic mass is 32.1. The minimum Gasteiger partial charge on any atom is -0.358 e. The Hall–Kier alpha value is -4.92. The number of hydrogen-bond acceptors (Lipinski definition) is 2. The lowest BCUT2D eigenvalue weighted by Crippen LogP contribution is -2.06. The minimum atomic E-state index is 0.842. The first-order valence-corrected chi connectivity index (χ1v) is 19.6. The Bertz CT molecular complexity index is 1960. The summed E-state index contributed by atoms with van der Waals surface area (Å²) in [4.78, 5) is 1.30. The van der Waals surface area contributed by atoms with Crippen LogP contribution in [0.5, 0.6) is 0 Å². The lowest BCUT2D eigenvalue weighted by molar-refractivity contribution is 0.946. The van der Waals surface area contributed by atoms with E-state index >= 15 is 0 Å². The molecule has 0 aliphatic heterocycles. The van der Waals surface area contributed by atoms with Crippen LogP contribution in [0.2, 0.25) is 0 Å². The summed E-state index contributed by atoms with van der Waals surface area (Å²) in [5.74, 6) is 0. The van der Waals surface area contributed by atoms with Crippen LogP contribution in [-0.2, 0) is 6.42 Å². The maximum absolute atomic E-state index is 4.35. The summed E-state index contributed by atoms with van der Waals surface area (Å²) in [5.41, 5.74) is 12.1. The van der Waals surface area contributed by atoms with E-state index in [2.05, 4.69) is 171 Å². The van der Waals surface area contributed by atoms with Gasteiger partial charge in [-0.1, -0.05) is 157 Å². The van der Waals surface area contributed by atoms with E-state index in [1.807, 2.05) is 39.0 Å². The van der Waals surface area contributed by atoms with Gasteiger partial charge in [-0.15, -0.1) is 11.3 Å². The van der Waals surface area contributed by atoms with Gasteiger partial charge in [-0.3, -0.25) is 0 Å². The lowest BCUT2D eigenvalue weighted by atomic mass is 9.95. The summed E-state index contributed by atoms with van der Waals surface area (Å²) in [6.45, 7) is 16.6. The molecule has 5 aromatic rings. The Morgan fingerprint density at radius 2 is 1.53 bits per heavy atom. The molecule has 1 nitrogen and oxygen atoms in total. The molecule has 0 spiro atoms. The van der Waals surface area contributed by atoms with Crippen LogP contribution in [-0.4, -0.2) is 0 Å². The molecule has 0 amide bonds. The highest BCUT2D eigenvalue weighted by molar-refractivity contribution is 7.22. The minimum absolute atomic E-state index is 0.842. The van der Waals surface area contributed by atoms with E-state index in [1.165, 1.54) is 59.6 Å². The van der Waals surface area contributed by atoms with E-state index in [9.17, 15) is 0 Å². The van der Waals surface area contributed by atoms with Crippen molar-refractivity contribution in [1.82, 2.24) is 0 Å². The van der Waals surface area contributed by atoms with E-state index in [4.69, 9.17) is 0 Å². The van der Waals surface area contributed by atoms with Crippen molar-refractivity contribution in [2.45, 2.75) is 73.6 Å². The second-order valence-corrected chi connectivity index (χ2v) is 13.1. The number of rotatable bonds is 12. The van der Waals surface area contributed by atoms with Crippen LogP contribution in [0, 0.1) is 0 Å². The van der Waals surface area contributed by atoms with Gasteiger partial charge in [-0.2, -0.15) is 0 Å². The molecule has 0 unspecified atom stereocenters. The normalized spacial score (nSPS) is 12.9. The van der Waals surface area contributed by atoms with Crippen molar-refractivity contribution in [3.05, 3.63) is 180 Å². The summed E-state index contributed by atoms with van der Waals surface area (Å²) in [6, 6.07) is 37.6. The van der Waals surface area contributed by atoms with Crippen LogP contribution in [0.15, 0.2) is 169 Å². The van der Waals surface area contributed by atoms with Crippen molar-refractivity contribution in [2.75, 3.05) is 5.32 Å². The number of benzene rings is 4. The van der Waals surface area contributed by atoms with Gasteiger partial charge in [0.05, 0.1) is 0 Å². The molecular weight excluding hydrogens is 635 g/mol. The molecular formula is C49H55NS. The van der Waals surface area contributed by atoms with Crippen LogP contribution in [0.1, 0.15) is 78.4 Å². The second-order valence-electron chi connectivity index (χ2n) is 12.0. The monoisotopic (exact) mass is 689 g/mol. The molecule has 0 saturated carbocycles. The predicted octanol–water partition coefficient (Wildman–Crippen LogP) is 15.4. The zero-order chi connectivity index (χ0) is 36.4. The number of allylic oxidation sites excluding steroid dienone is 11. The fourth-order valence-corrected chi connectivity index (χ4v) is 7.11. The molecule has 1 N–H and O–H groups in total. The van der Waals surface area contributed by atoms with E-state index in [1.54, 1.807) is 0 Å². The standard InChI is InChI=1S/C45H43NS.2C2H6/c1-4-6-8-16-33(3)42-20-12-13-21-43(42)46-41-27-25-37(26-28-41)35(15-5-2)24-23-34-29-39(36-17-9-7-10-18-36)31-40(30-34)45-32-38-19-11-14-22-44(38)47-45;2*1-2/h5,7-12,14-20,22,24-32,46H,3-4,6,13,21,23H2,1-2H3;2*1-2H3/b15-5-,16-8-,35-24+;;. The molecule has 0 saturated heterocycles. The molecule has 2 heteroatoms. The molecule has 1 aliphatic rings. The summed E-state index contributed by atoms with van der Waals surface area (Å²) < 4.78 is 1.32. The van der Waals surface area contributed by atoms with E-state index < -0.39 is 0 Å². The van der Waals surface area contributed by atoms with Crippen LogP contribution in [0.25, 0.3) is 37.2 Å². The van der Waals surface area contributed by atoms with Crippen LogP contribution in [0.4, 0.5) is 5.69 Å². The van der Waals surface area contributed by atoms with Gasteiger partial charge in [0, 0.05) is 26.5 Å². The van der Waals surface area contributed by atoms with Gasteiger partial charge < -0.3 is 5.32 Å². The number of thiophene rings is 1. The topological polar surface area (TPSA) is 12.0 Å². The second kappa shape index (κ2) is 20.7. The number of unbranched alkanes of at least 4 members (excludes halogenated alkanes) is 1. The van der Waals surface area contributed by atoms with Gasteiger partial charge in [0.25, 0.3) is 0 Å². The highest BCUT2D eigenvalue weighted by Crippen LogP contribution is 2.36. The Morgan fingerprint density at radius 1 is 0.804 bits per heavy atom. The number of anilines is 1. The Kier molecular flexibility index (Phi) is 15.8. The highest BCUT2D eigenvalue weighted by Gasteiger charge is 2.12. The van der Waals surface area contributed by atoms with Gasteiger partial charge in [-0.25, -0.2) is 0 Å². The van der Waals surface area contributed by atoms with Crippen molar-refractivity contribution in [2.24, 2.45) is 0 Å². The van der Waals surface area contributed by atoms with Gasteiger partial charge in [0.1, 0.15) is 0 Å². The third-order valence-corrected chi connectivity index (χ3v) is 9.68. The zero-order valence-electron chi connectivity index (χ0n) is 31.5. The molecule has 0 bridgehead atoms. The third-order valence-electron chi connectivity index (χ3n) is 8.52. The van der Waals surface area contributed by atoms with Crippen molar-refractivity contribution in [3.8, 4) is 21.6 Å². The number of fused-ring (bicyclic) bond motifs is 1. The lowest BCUT2D eigenvalue weighted by Gasteiger charge is -2.19. The van der Waals surface area contributed by atoms with Crippen molar-refractivity contribution < 1.29 is 0 Å². The maximum atomic E-state index is 4.35. The summed E-state index contributed by atoms with van der Waals surface area (Å²) in [7, 11) is 0. The quantitative estimate of drug-likeness (QED) is 0.129. The third kappa shape index (κ3) is 10.8. The van der Waals surface area contributed by atoms with E-state index in [0.717, 1.165) is 43.4 Å². The molecule has 0 radical (unpaired) electrons. The van der Waals surface area contributed by atoms with Gasteiger partial charge in [-0.05, 0) is 113 Å². The SMILES string of the molecule is C=C(/C=C\CCC)C1=C(Nc2ccc(C(/C=C\C)=C/Cc3cc(-c4ccccc4)cc(-c4cc5ccccc5s4)c3)cc2)CCC=C1.CC.CC. The smallest absolute Gasteiger partial charge is 0.0382 e. The molecule has 262 valence electrons. The van der Waals surface area contributed by atoms with Gasteiger partial charge in [0.15, 0.2) is 0 Å². The molecule has 6 rings (SSSR count). The average Bonchev–Trinajstić information content (AvgIpc) is 3.64. The van der Waals surface area contributed by atoms with Crippen LogP contribution in [0.3, 0.4) is 0 Å². The van der Waals surface area contributed by atoms with E-state index in [-0.39, 0.29) is 0 Å². The average molecular weight is 690 g/mol. The Balaban J connectivity index is 0.00000141. The van der Waals surface area contributed by atoms with Crippen molar-refractivity contribution in [1.29, 1.82) is 0 Å². The molecule has 1 heterocycles. The van der Waals surface area contributed by atoms with E-state index in [0.29, 0.717) is 0 Å². The zero-order valence-corrected chi connectivity index (χ0v) is 32.3. The predicted molar refractivity (Wildman–Crippen MR) is 231 cm³/mol. The summed E-state index contributed by atoms with van der Waals surface area (Å²) >= 11 is 1.86. The molecule has 4 aromatic carbocycles. The van der Waals surface area contributed by atoms with Crippen LogP contribution < -0.4 is 5.32 Å². The first-order chi connectivity index (χ1) is 25.1. The van der Waals surface area contributed by atoms with Crippen LogP contribution >= 0.6 is 11.3 Å². The maximum Gasteiger partial charge on any atom is 0.0382 e. The largest absolute Gasteiger partial charge is 0.358 e. The first kappa shape index (κ1) is 38.9. The molecule has 0 fully saturated rings. The molecule has 1 aromatic heterocycles. The van der Waals surface area contributed by atoms with Crippen molar-refractivity contribution in [3.63, 3.8) is 0 Å². The Morgan fingerprint density at radius 3 is 2.25 bits per heavy atom. The Labute approximate surface area is 312 Å². The molecule has 51 heavy (non-hydrogen) atoms. The molecule has 0 atom stereocenters. The van der Waals surface area contributed by atoms with Gasteiger partial charge in [0.2, 0.25) is 0 Å².